The molecule has 1 aliphatic heterocycles. The largest absolute Gasteiger partial charge is 0.495 e. The second kappa shape index (κ2) is 7.93. The molecule has 0 atom stereocenters. The number of carbonyl (C=O) groups is 1. The van der Waals surface area contributed by atoms with Gasteiger partial charge >= 0.3 is 5.97 Å². The van der Waals surface area contributed by atoms with Gasteiger partial charge in [-0.25, -0.2) is 13.2 Å². The zero-order valence-corrected chi connectivity index (χ0v) is 15.7. The van der Waals surface area contributed by atoms with Crippen molar-refractivity contribution in [1.82, 2.24) is 14.1 Å². The number of hydrogen-bond acceptors (Lipinski definition) is 5. The molecule has 1 aliphatic rings. The van der Waals surface area contributed by atoms with Gasteiger partial charge in [-0.1, -0.05) is 6.07 Å². The van der Waals surface area contributed by atoms with Gasteiger partial charge in [-0.2, -0.15) is 9.40 Å². The third-order valence-electron chi connectivity index (χ3n) is 4.55. The fourth-order valence-electron chi connectivity index (χ4n) is 3.15. The highest BCUT2D eigenvalue weighted by atomic mass is 32.2. The topological polar surface area (TPSA) is 102 Å². The lowest BCUT2D eigenvalue weighted by molar-refractivity contribution is -0.131. The van der Waals surface area contributed by atoms with E-state index in [0.717, 1.165) is 6.08 Å². The number of carboxylic acids is 1. The van der Waals surface area contributed by atoms with Crippen LogP contribution in [0.3, 0.4) is 0 Å². The van der Waals surface area contributed by atoms with E-state index in [4.69, 9.17) is 9.84 Å². The fourth-order valence-corrected chi connectivity index (χ4v) is 4.81. The molecule has 3 rings (SSSR count). The Morgan fingerprint density at radius 3 is 2.67 bits per heavy atom. The molecule has 1 saturated heterocycles. The van der Waals surface area contributed by atoms with Gasteiger partial charge in [-0.15, -0.1) is 0 Å². The zero-order valence-electron chi connectivity index (χ0n) is 14.9. The minimum atomic E-state index is -3.76. The lowest BCUT2D eigenvalue weighted by atomic mass is 10.1. The number of benzene rings is 1. The maximum atomic E-state index is 13.1. The van der Waals surface area contributed by atoms with Crippen molar-refractivity contribution < 1.29 is 23.1 Å². The van der Waals surface area contributed by atoms with Crippen molar-refractivity contribution in [2.24, 2.45) is 0 Å². The molecule has 144 valence electrons. The van der Waals surface area contributed by atoms with Crippen molar-refractivity contribution in [3.63, 3.8) is 0 Å². The van der Waals surface area contributed by atoms with Crippen LogP contribution in [-0.4, -0.2) is 53.8 Å². The highest BCUT2D eigenvalue weighted by Gasteiger charge is 2.32. The SMILES string of the molecule is COc1ccc(/C=C/C(=O)O)cc1S(=O)(=O)N1CCC(n2cccn2)CC1. The summed E-state index contributed by atoms with van der Waals surface area (Å²) < 4.78 is 34.8. The van der Waals surface area contributed by atoms with E-state index in [9.17, 15) is 13.2 Å². The Kier molecular flexibility index (Phi) is 5.62. The third-order valence-corrected chi connectivity index (χ3v) is 6.47. The van der Waals surface area contributed by atoms with E-state index in [-0.39, 0.29) is 16.7 Å². The molecule has 2 heterocycles. The first-order valence-corrected chi connectivity index (χ1v) is 9.94. The molecule has 1 N–H and O–H groups in total. The van der Waals surface area contributed by atoms with Gasteiger partial charge in [0, 0.05) is 31.6 Å². The molecule has 0 saturated carbocycles. The third kappa shape index (κ3) is 4.20. The van der Waals surface area contributed by atoms with Crippen LogP contribution in [0.25, 0.3) is 6.08 Å². The van der Waals surface area contributed by atoms with Gasteiger partial charge in [-0.05, 0) is 42.7 Å². The average molecular weight is 391 g/mol. The lowest BCUT2D eigenvalue weighted by Crippen LogP contribution is -2.39. The van der Waals surface area contributed by atoms with E-state index < -0.39 is 16.0 Å². The molecular formula is C18H21N3O5S. The summed E-state index contributed by atoms with van der Waals surface area (Å²) in [7, 11) is -2.35. The predicted octanol–water partition coefficient (Wildman–Crippen LogP) is 2.02. The molecule has 0 bridgehead atoms. The Labute approximate surface area is 157 Å². The van der Waals surface area contributed by atoms with Crippen LogP contribution < -0.4 is 4.74 Å². The van der Waals surface area contributed by atoms with Gasteiger partial charge in [0.15, 0.2) is 0 Å². The van der Waals surface area contributed by atoms with Gasteiger partial charge < -0.3 is 9.84 Å². The van der Waals surface area contributed by atoms with E-state index in [2.05, 4.69) is 5.10 Å². The number of ether oxygens (including phenoxy) is 1. The number of carboxylic acid groups (broad SMARTS) is 1. The number of hydrogen-bond donors (Lipinski definition) is 1. The number of aliphatic carboxylic acids is 1. The maximum absolute atomic E-state index is 13.1. The quantitative estimate of drug-likeness (QED) is 0.756. The summed E-state index contributed by atoms with van der Waals surface area (Å²) in [6.45, 7) is 0.760. The molecule has 1 aromatic heterocycles. The monoisotopic (exact) mass is 391 g/mol. The summed E-state index contributed by atoms with van der Waals surface area (Å²) in [6, 6.07) is 6.61. The molecule has 1 fully saturated rings. The van der Waals surface area contributed by atoms with Crippen LogP contribution in [0.1, 0.15) is 24.4 Å². The molecule has 8 nitrogen and oxygen atoms in total. The summed E-state index contributed by atoms with van der Waals surface area (Å²) in [5.74, 6) is -0.868. The normalized spacial score (nSPS) is 16.6. The van der Waals surface area contributed by atoms with E-state index in [1.165, 1.54) is 29.6 Å². The molecule has 1 aromatic carbocycles. The minimum Gasteiger partial charge on any atom is -0.495 e. The van der Waals surface area contributed by atoms with Crippen molar-refractivity contribution in [3.8, 4) is 5.75 Å². The average Bonchev–Trinajstić information content (AvgIpc) is 3.21. The Hall–Kier alpha value is -2.65. The van der Waals surface area contributed by atoms with Gasteiger partial charge in [0.25, 0.3) is 0 Å². The summed E-state index contributed by atoms with van der Waals surface area (Å²) in [6.07, 6.45) is 7.25. The number of sulfonamides is 1. The Balaban J connectivity index is 1.83. The molecule has 2 aromatic rings. The van der Waals surface area contributed by atoms with Crippen LogP contribution in [0.15, 0.2) is 47.6 Å². The number of methoxy groups -OCH3 is 1. The lowest BCUT2D eigenvalue weighted by Gasteiger charge is -2.31. The first-order valence-electron chi connectivity index (χ1n) is 8.50. The van der Waals surface area contributed by atoms with E-state index in [1.807, 2.05) is 16.9 Å². The van der Waals surface area contributed by atoms with Crippen molar-refractivity contribution in [2.75, 3.05) is 20.2 Å². The van der Waals surface area contributed by atoms with Crippen LogP contribution >= 0.6 is 0 Å². The Morgan fingerprint density at radius 1 is 1.33 bits per heavy atom. The smallest absolute Gasteiger partial charge is 0.328 e. The first-order chi connectivity index (χ1) is 12.9. The van der Waals surface area contributed by atoms with Crippen LogP contribution in [-0.2, 0) is 14.8 Å². The first kappa shape index (κ1) is 19.1. The van der Waals surface area contributed by atoms with Gasteiger partial charge in [0.05, 0.1) is 13.2 Å². The second-order valence-electron chi connectivity index (χ2n) is 6.20. The highest BCUT2D eigenvalue weighted by Crippen LogP contribution is 2.31. The van der Waals surface area contributed by atoms with E-state index in [0.29, 0.717) is 31.5 Å². The van der Waals surface area contributed by atoms with E-state index in [1.54, 1.807) is 12.3 Å². The molecule has 27 heavy (non-hydrogen) atoms. The van der Waals surface area contributed by atoms with Gasteiger partial charge in [0.2, 0.25) is 10.0 Å². The molecule has 0 aliphatic carbocycles. The number of aromatic nitrogens is 2. The van der Waals surface area contributed by atoms with Crippen LogP contribution in [0.4, 0.5) is 0 Å². The van der Waals surface area contributed by atoms with Crippen molar-refractivity contribution in [2.45, 2.75) is 23.8 Å². The Morgan fingerprint density at radius 2 is 2.07 bits per heavy atom. The summed E-state index contributed by atoms with van der Waals surface area (Å²) in [4.78, 5) is 10.7. The maximum Gasteiger partial charge on any atom is 0.328 e. The van der Waals surface area contributed by atoms with Crippen LogP contribution in [0.2, 0.25) is 0 Å². The zero-order chi connectivity index (χ0) is 19.4. The summed E-state index contributed by atoms with van der Waals surface area (Å²) >= 11 is 0. The van der Waals surface area contributed by atoms with Crippen LogP contribution in [0.5, 0.6) is 5.75 Å². The number of rotatable bonds is 6. The fraction of sp³-hybridized carbons (Fsp3) is 0.333. The molecule has 0 spiro atoms. The molecule has 0 radical (unpaired) electrons. The van der Waals surface area contributed by atoms with Gasteiger partial charge in [-0.3, -0.25) is 4.68 Å². The predicted molar refractivity (Wildman–Crippen MR) is 98.9 cm³/mol. The van der Waals surface area contributed by atoms with Crippen molar-refractivity contribution in [1.29, 1.82) is 0 Å². The number of nitrogens with zero attached hydrogens (tertiary/aromatic N) is 3. The highest BCUT2D eigenvalue weighted by molar-refractivity contribution is 7.89. The minimum absolute atomic E-state index is 0.0371. The standard InChI is InChI=1S/C18H21N3O5S/c1-26-16-5-3-14(4-6-18(22)23)13-17(16)27(24,25)20-11-7-15(8-12-20)21-10-2-9-19-21/h2-6,9-10,13,15H,7-8,11-12H2,1H3,(H,22,23)/b6-4+. The Bertz CT molecular complexity index is 930. The van der Waals surface area contributed by atoms with Crippen molar-refractivity contribution >= 4 is 22.1 Å². The summed E-state index contributed by atoms with van der Waals surface area (Å²) in [5.41, 5.74) is 0.475. The van der Waals surface area contributed by atoms with E-state index >= 15 is 0 Å². The molecular weight excluding hydrogens is 370 g/mol. The van der Waals surface area contributed by atoms with Crippen molar-refractivity contribution in [3.05, 3.63) is 48.3 Å². The second-order valence-corrected chi connectivity index (χ2v) is 8.11. The van der Waals surface area contributed by atoms with Gasteiger partial charge in [0.1, 0.15) is 10.6 Å². The molecule has 9 heteroatoms. The summed E-state index contributed by atoms with van der Waals surface area (Å²) in [5, 5.41) is 13.0. The molecule has 0 amide bonds. The number of piperidine rings is 1. The molecule has 0 unspecified atom stereocenters. The van der Waals surface area contributed by atoms with Crippen LogP contribution in [0, 0.1) is 0 Å².